The van der Waals surface area contributed by atoms with Crippen molar-refractivity contribution in [2.75, 3.05) is 32.7 Å². The Morgan fingerprint density at radius 2 is 1.88 bits per heavy atom. The molecule has 1 unspecified atom stereocenters. The van der Waals surface area contributed by atoms with E-state index < -0.39 is 5.91 Å². The lowest BCUT2D eigenvalue weighted by atomic mass is 9.53. The van der Waals surface area contributed by atoms with Gasteiger partial charge in [-0.2, -0.15) is 5.26 Å². The van der Waals surface area contributed by atoms with Gasteiger partial charge >= 0.3 is 0 Å². The lowest BCUT2D eigenvalue weighted by Gasteiger charge is -2.56. The number of allylic oxidation sites excluding steroid dienone is 1. The number of nitrogens with one attached hydrogen (secondary N) is 3. The van der Waals surface area contributed by atoms with Gasteiger partial charge in [-0.3, -0.25) is 24.3 Å². The van der Waals surface area contributed by atoms with Crippen LogP contribution >= 0.6 is 11.6 Å². The quantitative estimate of drug-likeness (QED) is 0.134. The number of aryl methyl sites for hydroxylation is 1. The Labute approximate surface area is 311 Å². The third-order valence-electron chi connectivity index (χ3n) is 9.77. The predicted octanol–water partition coefficient (Wildman–Crippen LogP) is 4.98. The van der Waals surface area contributed by atoms with Crippen molar-refractivity contribution in [3.63, 3.8) is 0 Å². The number of hydrogen-bond acceptors (Lipinski definition) is 9. The van der Waals surface area contributed by atoms with E-state index in [4.69, 9.17) is 32.7 Å². The van der Waals surface area contributed by atoms with Gasteiger partial charge in [0.05, 0.1) is 27.9 Å². The van der Waals surface area contributed by atoms with Crippen molar-refractivity contribution in [3.05, 3.63) is 82.4 Å². The average Bonchev–Trinajstić information content (AvgIpc) is 3.09. The number of amides is 3. The lowest BCUT2D eigenvalue weighted by molar-refractivity contribution is -0.133. The summed E-state index contributed by atoms with van der Waals surface area (Å²) in [6.07, 6.45) is 9.28. The molecule has 1 aliphatic carbocycles. The second kappa shape index (κ2) is 17.7. The third kappa shape index (κ3) is 10.9. The molecule has 1 atom stereocenters. The fraction of sp³-hybridized carbons (Fsp3) is 0.487. The number of hydrogen-bond donors (Lipinski definition) is 4. The third-order valence-corrected chi connectivity index (χ3v) is 10.1. The van der Waals surface area contributed by atoms with Gasteiger partial charge in [-0.25, -0.2) is 0 Å². The van der Waals surface area contributed by atoms with Crippen LogP contribution in [0.5, 0.6) is 5.75 Å². The van der Waals surface area contributed by atoms with Crippen LogP contribution in [-0.2, 0) is 16.0 Å². The highest BCUT2D eigenvalue weighted by Crippen LogP contribution is 2.55. The standard InChI is InChI=1S/C24H33N7O3.C15H18ClNO/c1-17-21(7-8-22(32)28-17)29-23(33)14-20(15-25)31-12-10-30(11-13-31)9-3-2-4-19-6-5-18(16-27-19)24(26)34;1-14(2)9-15(3,4)13(14)18-11-6-5-10(8-17)12(16)7-11/h5-6,14-16,21,25H,1-4,7-13H2,(H2,26,34)(H,28,32)(H,29,33);5-7,13H,9H2,1-4H3/b20-14+,25-15?;. The molecule has 13 heteroatoms. The Bertz CT molecular complexity index is 1690. The van der Waals surface area contributed by atoms with Crippen LogP contribution in [0.1, 0.15) is 81.4 Å². The van der Waals surface area contributed by atoms with Crippen molar-refractivity contribution in [1.82, 2.24) is 25.4 Å². The van der Waals surface area contributed by atoms with Crippen molar-refractivity contribution >= 4 is 35.5 Å². The minimum absolute atomic E-state index is 0.0837. The van der Waals surface area contributed by atoms with Gasteiger partial charge in [0.2, 0.25) is 17.7 Å². The number of halogens is 1. The first-order valence-corrected chi connectivity index (χ1v) is 18.1. The molecule has 3 amide bonds. The zero-order valence-electron chi connectivity index (χ0n) is 30.6. The molecule has 1 aromatic carbocycles. The number of pyridine rings is 1. The number of piperazine rings is 1. The molecule has 3 heterocycles. The topological polar surface area (TPSA) is 178 Å². The van der Waals surface area contributed by atoms with E-state index in [1.165, 1.54) is 18.5 Å². The molecule has 5 N–H and O–H groups in total. The molecule has 2 aliphatic heterocycles. The average molecular weight is 731 g/mol. The Morgan fingerprint density at radius 3 is 2.44 bits per heavy atom. The summed E-state index contributed by atoms with van der Waals surface area (Å²) in [5.74, 6) is -0.102. The first-order valence-electron chi connectivity index (χ1n) is 17.7. The fourth-order valence-electron chi connectivity index (χ4n) is 7.50. The van der Waals surface area contributed by atoms with Gasteiger partial charge in [-0.1, -0.05) is 45.9 Å². The van der Waals surface area contributed by atoms with Crippen LogP contribution in [0, 0.1) is 27.6 Å². The number of nitriles is 1. The van der Waals surface area contributed by atoms with Crippen molar-refractivity contribution in [3.8, 4) is 11.8 Å². The maximum atomic E-state index is 12.4. The van der Waals surface area contributed by atoms with Crippen LogP contribution in [0.4, 0.5) is 0 Å². The van der Waals surface area contributed by atoms with Gasteiger partial charge in [0.1, 0.15) is 17.9 Å². The van der Waals surface area contributed by atoms with E-state index in [2.05, 4.69) is 54.8 Å². The van der Waals surface area contributed by atoms with E-state index >= 15 is 0 Å². The molecule has 3 fully saturated rings. The largest absolute Gasteiger partial charge is 0.489 e. The lowest BCUT2D eigenvalue weighted by Crippen LogP contribution is -2.58. The summed E-state index contributed by atoms with van der Waals surface area (Å²) in [6.45, 7) is 16.9. The van der Waals surface area contributed by atoms with Gasteiger partial charge in [0, 0.05) is 79.4 Å². The summed E-state index contributed by atoms with van der Waals surface area (Å²) in [5.41, 5.74) is 8.54. The number of carbonyl (C=O) groups is 3. The number of benzene rings is 1. The van der Waals surface area contributed by atoms with Crippen molar-refractivity contribution < 1.29 is 19.1 Å². The number of piperidine rings is 1. The van der Waals surface area contributed by atoms with Gasteiger partial charge < -0.3 is 31.4 Å². The molecular formula is C39H51ClN8O4. The minimum Gasteiger partial charge on any atom is -0.489 e. The van der Waals surface area contributed by atoms with Crippen LogP contribution in [0.15, 0.2) is 60.6 Å². The molecule has 52 heavy (non-hydrogen) atoms. The van der Waals surface area contributed by atoms with Crippen LogP contribution in [-0.4, -0.2) is 83.6 Å². The van der Waals surface area contributed by atoms with E-state index in [1.54, 1.807) is 18.2 Å². The van der Waals surface area contributed by atoms with Crippen LogP contribution in [0.3, 0.4) is 0 Å². The normalized spacial score (nSPS) is 20.0. The molecular weight excluding hydrogens is 680 g/mol. The van der Waals surface area contributed by atoms with Gasteiger partial charge in [-0.05, 0) is 62.9 Å². The summed E-state index contributed by atoms with van der Waals surface area (Å²) in [6, 6.07) is 10.6. The Balaban J connectivity index is 0.000000281. The number of nitrogens with two attached hydrogens (primary N) is 1. The predicted molar refractivity (Wildman–Crippen MR) is 202 cm³/mol. The van der Waals surface area contributed by atoms with Crippen LogP contribution in [0.2, 0.25) is 5.02 Å². The highest BCUT2D eigenvalue weighted by Gasteiger charge is 2.54. The summed E-state index contributed by atoms with van der Waals surface area (Å²) in [4.78, 5) is 43.7. The fourth-order valence-corrected chi connectivity index (χ4v) is 7.71. The van der Waals surface area contributed by atoms with Crippen molar-refractivity contribution in [2.45, 2.75) is 78.4 Å². The Hall–Kier alpha value is -4.73. The number of rotatable bonds is 12. The second-order valence-corrected chi connectivity index (χ2v) is 15.4. The molecule has 0 radical (unpaired) electrons. The zero-order valence-corrected chi connectivity index (χ0v) is 31.4. The summed E-state index contributed by atoms with van der Waals surface area (Å²) in [7, 11) is 0. The number of unbranched alkanes of at least 4 members (excludes halogenated alkanes) is 1. The molecule has 2 aromatic rings. The molecule has 278 valence electrons. The minimum atomic E-state index is -0.468. The zero-order chi connectivity index (χ0) is 38.1. The number of carbonyl (C=O) groups excluding carboxylic acids is 3. The summed E-state index contributed by atoms with van der Waals surface area (Å²) in [5, 5.41) is 22.6. The maximum Gasteiger partial charge on any atom is 0.250 e. The Morgan fingerprint density at radius 1 is 1.17 bits per heavy atom. The van der Waals surface area contributed by atoms with Gasteiger partial charge in [0.15, 0.2) is 0 Å². The summed E-state index contributed by atoms with van der Waals surface area (Å²) < 4.78 is 6.07. The first kappa shape index (κ1) is 40.0. The van der Waals surface area contributed by atoms with Gasteiger partial charge in [0.25, 0.3) is 0 Å². The smallest absolute Gasteiger partial charge is 0.250 e. The van der Waals surface area contributed by atoms with Crippen LogP contribution in [0.25, 0.3) is 0 Å². The highest BCUT2D eigenvalue weighted by molar-refractivity contribution is 6.31. The highest BCUT2D eigenvalue weighted by atomic mass is 35.5. The van der Waals surface area contributed by atoms with Gasteiger partial charge in [-0.15, -0.1) is 0 Å². The number of aromatic nitrogens is 1. The van der Waals surface area contributed by atoms with E-state index in [9.17, 15) is 14.4 Å². The molecule has 2 saturated heterocycles. The maximum absolute atomic E-state index is 12.4. The van der Waals surface area contributed by atoms with E-state index in [0.29, 0.717) is 40.4 Å². The van der Waals surface area contributed by atoms with E-state index in [1.807, 2.05) is 23.1 Å². The molecule has 5 rings (SSSR count). The van der Waals surface area contributed by atoms with Crippen LogP contribution < -0.4 is 21.1 Å². The van der Waals surface area contributed by atoms with Crippen molar-refractivity contribution in [1.29, 1.82) is 10.7 Å². The second-order valence-electron chi connectivity index (χ2n) is 15.0. The molecule has 0 bridgehead atoms. The SMILES string of the molecule is C=C1NC(=O)CCC1NC(=O)/C=C(\C=N)N1CCN(CCCCc2ccc(C(N)=O)cn2)CC1.CC1(C)CC(C)(C)C1Oc1ccc(C#N)c(Cl)c1. The monoisotopic (exact) mass is 730 g/mol. The molecule has 1 saturated carbocycles. The molecule has 0 spiro atoms. The van der Waals surface area contributed by atoms with Crippen molar-refractivity contribution in [2.24, 2.45) is 16.6 Å². The van der Waals surface area contributed by atoms with E-state index in [0.717, 1.165) is 69.9 Å². The molecule has 3 aliphatic rings. The molecule has 1 aromatic heterocycles. The Kier molecular flexibility index (Phi) is 13.6. The number of nitrogens with zero attached hydrogens (tertiary/aromatic N) is 4. The van der Waals surface area contributed by atoms with E-state index in [-0.39, 0.29) is 34.8 Å². The number of primary amides is 1. The molecule has 12 nitrogen and oxygen atoms in total. The first-order chi connectivity index (χ1) is 24.6. The number of ether oxygens (including phenoxy) is 1. The summed E-state index contributed by atoms with van der Waals surface area (Å²) >= 11 is 6.01.